The van der Waals surface area contributed by atoms with E-state index in [9.17, 15) is 13.2 Å². The maximum atomic E-state index is 12.7. The number of carbonyl (C=O) groups excluding carboxylic acids is 1. The number of benzene rings is 1. The zero-order valence-electron chi connectivity index (χ0n) is 13.9. The Labute approximate surface area is 139 Å². The fraction of sp³-hybridized carbons (Fsp3) is 0.588. The summed E-state index contributed by atoms with van der Waals surface area (Å²) < 4.78 is 26.9. The molecule has 23 heavy (non-hydrogen) atoms. The first-order valence-electron chi connectivity index (χ1n) is 8.24. The number of hydrogen-bond donors (Lipinski definition) is 1. The van der Waals surface area contributed by atoms with Crippen LogP contribution in [0.25, 0.3) is 0 Å². The third-order valence-electron chi connectivity index (χ3n) is 4.29. The maximum absolute atomic E-state index is 12.7. The Hall–Kier alpha value is -1.40. The van der Waals surface area contributed by atoms with Gasteiger partial charge in [0.05, 0.1) is 5.75 Å². The van der Waals surface area contributed by atoms with E-state index in [2.05, 4.69) is 5.32 Å². The van der Waals surface area contributed by atoms with Crippen LogP contribution < -0.4 is 5.32 Å². The molecule has 0 radical (unpaired) electrons. The molecule has 2 unspecified atom stereocenters. The molecule has 1 aliphatic rings. The molecule has 6 heteroatoms. The number of rotatable bonds is 6. The van der Waals surface area contributed by atoms with Gasteiger partial charge in [-0.1, -0.05) is 44.2 Å². The first-order chi connectivity index (χ1) is 10.9. The Morgan fingerprint density at radius 1 is 1.35 bits per heavy atom. The maximum Gasteiger partial charge on any atom is 0.219 e. The second-order valence-corrected chi connectivity index (χ2v) is 8.22. The molecule has 1 fully saturated rings. The molecule has 1 N–H and O–H groups in total. The summed E-state index contributed by atoms with van der Waals surface area (Å²) in [4.78, 5) is 11.5. The van der Waals surface area contributed by atoms with Crippen molar-refractivity contribution in [1.29, 1.82) is 0 Å². The van der Waals surface area contributed by atoms with Crippen molar-refractivity contribution in [2.24, 2.45) is 0 Å². The van der Waals surface area contributed by atoms with E-state index in [0.717, 1.165) is 18.4 Å². The van der Waals surface area contributed by atoms with Gasteiger partial charge in [0.1, 0.15) is 0 Å². The highest BCUT2D eigenvalue weighted by Gasteiger charge is 2.30. The van der Waals surface area contributed by atoms with E-state index in [-0.39, 0.29) is 23.6 Å². The molecule has 1 aromatic rings. The van der Waals surface area contributed by atoms with E-state index in [1.165, 1.54) is 4.31 Å². The molecular weight excluding hydrogens is 312 g/mol. The largest absolute Gasteiger partial charge is 0.352 e. The third-order valence-corrected chi connectivity index (χ3v) is 6.33. The molecule has 1 saturated heterocycles. The lowest BCUT2D eigenvalue weighted by Gasteiger charge is -2.33. The number of carbonyl (C=O) groups is 1. The fourth-order valence-corrected chi connectivity index (χ4v) is 4.79. The minimum absolute atomic E-state index is 0.0214. The van der Waals surface area contributed by atoms with Gasteiger partial charge >= 0.3 is 0 Å². The number of sulfonamides is 1. The number of amides is 1. The minimum atomic E-state index is -3.32. The second-order valence-electron chi connectivity index (χ2n) is 6.21. The minimum Gasteiger partial charge on any atom is -0.352 e. The van der Waals surface area contributed by atoms with Crippen LogP contribution in [0.2, 0.25) is 0 Å². The summed E-state index contributed by atoms with van der Waals surface area (Å²) in [6, 6.07) is 9.63. The third kappa shape index (κ3) is 5.04. The van der Waals surface area contributed by atoms with Crippen LogP contribution in [0.3, 0.4) is 0 Å². The molecule has 0 aliphatic carbocycles. The molecule has 128 valence electrons. The molecule has 1 aromatic carbocycles. The lowest BCUT2D eigenvalue weighted by Crippen LogP contribution is -2.50. The van der Waals surface area contributed by atoms with Gasteiger partial charge in [0, 0.05) is 25.6 Å². The molecule has 0 bridgehead atoms. The van der Waals surface area contributed by atoms with E-state index in [1.54, 1.807) is 6.92 Å². The molecular formula is C17H26N2O3S. The van der Waals surface area contributed by atoms with Crippen LogP contribution in [-0.4, -0.2) is 43.5 Å². The first-order valence-corrected chi connectivity index (χ1v) is 9.85. The molecule has 1 amide bonds. The van der Waals surface area contributed by atoms with Crippen molar-refractivity contribution in [1.82, 2.24) is 9.62 Å². The summed E-state index contributed by atoms with van der Waals surface area (Å²) in [5.74, 6) is 0.0320. The summed E-state index contributed by atoms with van der Waals surface area (Å²) in [5.41, 5.74) is 1.03. The summed E-state index contributed by atoms with van der Waals surface area (Å²) >= 11 is 0. The van der Waals surface area contributed by atoms with E-state index in [4.69, 9.17) is 0 Å². The molecule has 2 atom stereocenters. The van der Waals surface area contributed by atoms with Gasteiger partial charge in [-0.25, -0.2) is 8.42 Å². The Bertz CT molecular complexity index is 616. The van der Waals surface area contributed by atoms with Crippen LogP contribution in [0.4, 0.5) is 0 Å². The quantitative estimate of drug-likeness (QED) is 0.864. The van der Waals surface area contributed by atoms with Crippen LogP contribution in [0.5, 0.6) is 0 Å². The van der Waals surface area contributed by atoms with Crippen LogP contribution in [0.1, 0.15) is 44.6 Å². The van der Waals surface area contributed by atoms with Crippen molar-refractivity contribution in [3.8, 4) is 0 Å². The van der Waals surface area contributed by atoms with Gasteiger partial charge in [0.25, 0.3) is 0 Å². The summed E-state index contributed by atoms with van der Waals surface area (Å²) in [7, 11) is -3.32. The number of nitrogens with one attached hydrogen (secondary N) is 1. The standard InChI is InChI=1S/C17H26N2O3S/c1-3-17(20)18-16-10-7-11-19(12-16)23(21,22)13-14(2)15-8-5-4-6-9-15/h4-6,8-9,14,16H,3,7,10-13H2,1-2H3,(H,18,20). The van der Waals surface area contributed by atoms with Gasteiger partial charge in [0.2, 0.25) is 15.9 Å². The number of nitrogens with zero attached hydrogens (tertiary/aromatic N) is 1. The van der Waals surface area contributed by atoms with Gasteiger partial charge in [-0.05, 0) is 24.3 Å². The Kier molecular flexibility index (Phi) is 6.18. The van der Waals surface area contributed by atoms with E-state index in [0.29, 0.717) is 19.5 Å². The molecule has 2 rings (SSSR count). The average molecular weight is 338 g/mol. The van der Waals surface area contributed by atoms with Crippen molar-refractivity contribution in [2.45, 2.75) is 45.1 Å². The molecule has 0 saturated carbocycles. The van der Waals surface area contributed by atoms with Gasteiger partial charge < -0.3 is 5.32 Å². The van der Waals surface area contributed by atoms with Crippen molar-refractivity contribution in [3.05, 3.63) is 35.9 Å². The highest BCUT2D eigenvalue weighted by molar-refractivity contribution is 7.89. The Balaban J connectivity index is 1.99. The zero-order valence-corrected chi connectivity index (χ0v) is 14.7. The normalized spacial score (nSPS) is 20.9. The average Bonchev–Trinajstić information content (AvgIpc) is 2.55. The first kappa shape index (κ1) is 17.9. The molecule has 0 aromatic heterocycles. The Morgan fingerprint density at radius 2 is 2.04 bits per heavy atom. The van der Waals surface area contributed by atoms with Gasteiger partial charge in [-0.3, -0.25) is 4.79 Å². The second kappa shape index (κ2) is 7.93. The van der Waals surface area contributed by atoms with Crippen molar-refractivity contribution in [2.75, 3.05) is 18.8 Å². The van der Waals surface area contributed by atoms with Crippen molar-refractivity contribution >= 4 is 15.9 Å². The van der Waals surface area contributed by atoms with Crippen molar-refractivity contribution in [3.63, 3.8) is 0 Å². The van der Waals surface area contributed by atoms with Crippen molar-refractivity contribution < 1.29 is 13.2 Å². The van der Waals surface area contributed by atoms with E-state index < -0.39 is 10.0 Å². The lowest BCUT2D eigenvalue weighted by molar-refractivity contribution is -0.121. The SMILES string of the molecule is CCC(=O)NC1CCCN(S(=O)(=O)CC(C)c2ccccc2)C1. The topological polar surface area (TPSA) is 66.5 Å². The number of hydrogen-bond acceptors (Lipinski definition) is 3. The van der Waals surface area contributed by atoms with Crippen LogP contribution >= 0.6 is 0 Å². The van der Waals surface area contributed by atoms with E-state index in [1.807, 2.05) is 37.3 Å². The molecule has 5 nitrogen and oxygen atoms in total. The summed E-state index contributed by atoms with van der Waals surface area (Å²) in [6.07, 6.45) is 2.05. The summed E-state index contributed by atoms with van der Waals surface area (Å²) in [5, 5.41) is 2.91. The highest BCUT2D eigenvalue weighted by atomic mass is 32.2. The van der Waals surface area contributed by atoms with Crippen LogP contribution in [0.15, 0.2) is 30.3 Å². The molecule has 0 spiro atoms. The number of piperidine rings is 1. The zero-order chi connectivity index (χ0) is 16.9. The lowest BCUT2D eigenvalue weighted by atomic mass is 10.0. The smallest absolute Gasteiger partial charge is 0.219 e. The predicted octanol–water partition coefficient (Wildman–Crippen LogP) is 2.11. The van der Waals surface area contributed by atoms with E-state index >= 15 is 0 Å². The Morgan fingerprint density at radius 3 is 2.70 bits per heavy atom. The molecule has 1 aliphatic heterocycles. The highest BCUT2D eigenvalue weighted by Crippen LogP contribution is 2.21. The van der Waals surface area contributed by atoms with Gasteiger partial charge in [0.15, 0.2) is 0 Å². The predicted molar refractivity (Wildman–Crippen MR) is 91.7 cm³/mol. The van der Waals surface area contributed by atoms with Crippen LogP contribution in [-0.2, 0) is 14.8 Å². The van der Waals surface area contributed by atoms with Gasteiger partial charge in [-0.15, -0.1) is 0 Å². The molecule has 1 heterocycles. The fourth-order valence-electron chi connectivity index (χ4n) is 2.94. The summed E-state index contributed by atoms with van der Waals surface area (Å²) in [6.45, 7) is 4.67. The van der Waals surface area contributed by atoms with Crippen LogP contribution in [0, 0.1) is 0 Å². The monoisotopic (exact) mass is 338 g/mol. The van der Waals surface area contributed by atoms with Gasteiger partial charge in [-0.2, -0.15) is 4.31 Å².